The number of nitrogens with one attached hydrogen (secondary N) is 1. The number of aromatic nitrogens is 3. The van der Waals surface area contributed by atoms with Gasteiger partial charge in [-0.05, 0) is 49.7 Å². The normalized spacial score (nSPS) is 15.0. The number of alkyl halides is 4. The molecule has 0 bridgehead atoms. The molecule has 3 aromatic carbocycles. The second-order valence-electron chi connectivity index (χ2n) is 11.6. The highest BCUT2D eigenvalue weighted by Crippen LogP contribution is 2.50. The third kappa shape index (κ3) is 6.32. The molecule has 0 spiro atoms. The maximum Gasteiger partial charge on any atom is 0.586 e. The highest BCUT2D eigenvalue weighted by Gasteiger charge is 2.45. The first-order valence-electron chi connectivity index (χ1n) is 14.5. The third-order valence-corrected chi connectivity index (χ3v) is 8.59. The van der Waals surface area contributed by atoms with Gasteiger partial charge in [-0.25, -0.2) is 9.67 Å². The minimum Gasteiger partial charge on any atom is -0.494 e. The largest absolute Gasteiger partial charge is 0.586 e. The summed E-state index contributed by atoms with van der Waals surface area (Å²) in [6.45, 7) is -0.555. The molecule has 10 nitrogen and oxygen atoms in total. The van der Waals surface area contributed by atoms with Crippen LogP contribution in [-0.4, -0.2) is 50.8 Å². The van der Waals surface area contributed by atoms with E-state index in [0.29, 0.717) is 4.68 Å². The Kier molecular flexibility index (Phi) is 8.64. The molecule has 6 rings (SSSR count). The lowest BCUT2D eigenvalue weighted by molar-refractivity contribution is -0.286. The maximum atomic E-state index is 13.9. The summed E-state index contributed by atoms with van der Waals surface area (Å²) >= 11 is 13.3. The zero-order chi connectivity index (χ0) is 35.5. The molecule has 2 aromatic heterocycles. The van der Waals surface area contributed by atoms with Crippen LogP contribution in [0.4, 0.5) is 17.6 Å². The van der Waals surface area contributed by atoms with E-state index in [1.54, 1.807) is 30.3 Å². The van der Waals surface area contributed by atoms with Gasteiger partial charge < -0.3 is 29.7 Å². The van der Waals surface area contributed by atoms with Gasteiger partial charge in [0.25, 0.3) is 5.91 Å². The Morgan fingerprint density at radius 2 is 1.78 bits per heavy atom. The number of fused-ring (bicyclic) bond motifs is 2. The van der Waals surface area contributed by atoms with E-state index < -0.39 is 42.2 Å². The standard InChI is InChI=1S/C33H26Cl2F4N4O6/c1-31(2,45)20-13-23(41-27(25(20)35)19-9-10-21-28(24(19)34)49-33(38,39)48-21)32(46,18-7-5-4-6-8-18)15-40-29(44)16-11-17-14-43(30(36)37)42-26(17)22(12-16)47-3/h4-14,30,45-46H,15H2,1-3H3,(H,40,44)/t32-/m1/s1. The number of methoxy groups -OCH3 is 1. The number of ether oxygens (including phenoxy) is 3. The summed E-state index contributed by atoms with van der Waals surface area (Å²) in [6, 6.07) is 14.7. The Bertz CT molecular complexity index is 2090. The lowest BCUT2D eigenvalue weighted by Gasteiger charge is -2.31. The van der Waals surface area contributed by atoms with Crippen LogP contribution < -0.4 is 19.5 Å². The molecule has 256 valence electrons. The monoisotopic (exact) mass is 720 g/mol. The molecular weight excluding hydrogens is 695 g/mol. The van der Waals surface area contributed by atoms with Crippen molar-refractivity contribution in [3.05, 3.63) is 99.3 Å². The Balaban J connectivity index is 1.45. The summed E-state index contributed by atoms with van der Waals surface area (Å²) in [5.41, 5.74) is -3.46. The predicted molar refractivity (Wildman–Crippen MR) is 170 cm³/mol. The summed E-state index contributed by atoms with van der Waals surface area (Å²) in [4.78, 5) is 18.2. The summed E-state index contributed by atoms with van der Waals surface area (Å²) in [6.07, 6.45) is -2.90. The fourth-order valence-electron chi connectivity index (χ4n) is 5.40. The predicted octanol–water partition coefficient (Wildman–Crippen LogP) is 7.02. The molecule has 1 aliphatic rings. The fourth-order valence-corrected chi connectivity index (χ4v) is 6.12. The molecule has 1 atom stereocenters. The SMILES string of the molecule is COc1cc(C(=O)NC[C@@](O)(c2ccccc2)c2cc(C(C)(C)O)c(Cl)c(-c3ccc4c(c3Cl)OC(F)(F)O4)n2)cc2cn(C(F)F)nc12. The highest BCUT2D eigenvalue weighted by atomic mass is 35.5. The van der Waals surface area contributed by atoms with Crippen molar-refractivity contribution in [3.8, 4) is 28.5 Å². The van der Waals surface area contributed by atoms with Crippen LogP contribution in [0.3, 0.4) is 0 Å². The van der Waals surface area contributed by atoms with E-state index in [0.717, 1.165) is 6.20 Å². The molecule has 3 heterocycles. The lowest BCUT2D eigenvalue weighted by atomic mass is 9.86. The van der Waals surface area contributed by atoms with Crippen molar-refractivity contribution < 1.29 is 46.8 Å². The first kappa shape index (κ1) is 34.2. The van der Waals surface area contributed by atoms with Crippen LogP contribution in [0.25, 0.3) is 22.2 Å². The number of amides is 1. The van der Waals surface area contributed by atoms with Crippen molar-refractivity contribution in [1.82, 2.24) is 20.1 Å². The van der Waals surface area contributed by atoms with Crippen molar-refractivity contribution in [2.45, 2.75) is 37.9 Å². The molecule has 16 heteroatoms. The van der Waals surface area contributed by atoms with Crippen molar-refractivity contribution in [3.63, 3.8) is 0 Å². The van der Waals surface area contributed by atoms with Gasteiger partial charge in [-0.1, -0.05) is 53.5 Å². The Labute approximate surface area is 285 Å². The Morgan fingerprint density at radius 1 is 1.06 bits per heavy atom. The molecule has 1 amide bonds. The lowest BCUT2D eigenvalue weighted by Crippen LogP contribution is -2.42. The van der Waals surface area contributed by atoms with Gasteiger partial charge in [-0.3, -0.25) is 4.79 Å². The minimum atomic E-state index is -3.97. The molecule has 0 aliphatic carbocycles. The van der Waals surface area contributed by atoms with Crippen LogP contribution in [0, 0.1) is 0 Å². The van der Waals surface area contributed by atoms with Crippen LogP contribution in [0.1, 0.15) is 47.6 Å². The molecule has 49 heavy (non-hydrogen) atoms. The maximum absolute atomic E-state index is 13.9. The van der Waals surface area contributed by atoms with Crippen LogP contribution in [0.5, 0.6) is 17.2 Å². The van der Waals surface area contributed by atoms with Gasteiger partial charge in [0.05, 0.1) is 40.7 Å². The molecule has 3 N–H and O–H groups in total. The summed E-state index contributed by atoms with van der Waals surface area (Å²) in [5, 5.41) is 29.8. The Morgan fingerprint density at radius 3 is 2.43 bits per heavy atom. The van der Waals surface area contributed by atoms with Gasteiger partial charge in [-0.2, -0.15) is 13.9 Å². The smallest absolute Gasteiger partial charge is 0.494 e. The number of hydrogen-bond acceptors (Lipinski definition) is 8. The number of carbonyl (C=O) groups is 1. The topological polar surface area (TPSA) is 128 Å². The highest BCUT2D eigenvalue weighted by molar-refractivity contribution is 6.37. The average Bonchev–Trinajstić information content (AvgIpc) is 3.64. The molecule has 0 radical (unpaired) electrons. The van der Waals surface area contributed by atoms with E-state index in [9.17, 15) is 32.6 Å². The van der Waals surface area contributed by atoms with E-state index in [4.69, 9.17) is 27.9 Å². The number of hydrogen-bond donors (Lipinski definition) is 3. The fraction of sp³-hybridized carbons (Fsp3) is 0.242. The van der Waals surface area contributed by atoms with Gasteiger partial charge in [0.1, 0.15) is 16.9 Å². The van der Waals surface area contributed by atoms with Gasteiger partial charge in [0.2, 0.25) is 0 Å². The van der Waals surface area contributed by atoms with Gasteiger partial charge >= 0.3 is 12.8 Å². The van der Waals surface area contributed by atoms with Crippen molar-refractivity contribution in [1.29, 1.82) is 0 Å². The number of rotatable bonds is 9. The minimum absolute atomic E-state index is 0.0134. The summed E-state index contributed by atoms with van der Waals surface area (Å²) < 4.78 is 69.3. The van der Waals surface area contributed by atoms with Crippen molar-refractivity contribution >= 4 is 40.0 Å². The first-order valence-corrected chi connectivity index (χ1v) is 15.2. The average molecular weight is 721 g/mol. The number of pyridine rings is 1. The third-order valence-electron chi connectivity index (χ3n) is 7.84. The zero-order valence-corrected chi connectivity index (χ0v) is 27.3. The van der Waals surface area contributed by atoms with E-state index >= 15 is 0 Å². The van der Waals surface area contributed by atoms with Crippen LogP contribution in [0.15, 0.2) is 66.9 Å². The summed E-state index contributed by atoms with van der Waals surface area (Å²) in [5.74, 6) is -1.43. The number of halogens is 6. The second-order valence-corrected chi connectivity index (χ2v) is 12.4. The van der Waals surface area contributed by atoms with E-state index in [-0.39, 0.29) is 66.1 Å². The van der Waals surface area contributed by atoms with Crippen LogP contribution in [-0.2, 0) is 11.2 Å². The molecule has 1 aliphatic heterocycles. The zero-order valence-electron chi connectivity index (χ0n) is 25.8. The molecule has 0 saturated carbocycles. The van der Waals surface area contributed by atoms with Crippen LogP contribution >= 0.6 is 23.2 Å². The van der Waals surface area contributed by atoms with E-state index in [1.807, 2.05) is 0 Å². The quantitative estimate of drug-likeness (QED) is 0.139. The molecule has 0 saturated heterocycles. The van der Waals surface area contributed by atoms with Gasteiger partial charge in [-0.15, -0.1) is 8.78 Å². The van der Waals surface area contributed by atoms with Gasteiger partial charge in [0, 0.05) is 28.3 Å². The van der Waals surface area contributed by atoms with Crippen molar-refractivity contribution in [2.75, 3.05) is 13.7 Å². The van der Waals surface area contributed by atoms with Crippen molar-refractivity contribution in [2.24, 2.45) is 0 Å². The molecular formula is C33H26Cl2F4N4O6. The number of benzene rings is 3. The first-order chi connectivity index (χ1) is 23.0. The number of carbonyl (C=O) groups excluding carboxylic acids is 1. The summed E-state index contributed by atoms with van der Waals surface area (Å²) in [7, 11) is 1.30. The van der Waals surface area contributed by atoms with Gasteiger partial charge in [0.15, 0.2) is 11.5 Å². The van der Waals surface area contributed by atoms with E-state index in [1.165, 1.54) is 51.3 Å². The second kappa shape index (κ2) is 12.4. The van der Waals surface area contributed by atoms with Crippen LogP contribution in [0.2, 0.25) is 10.0 Å². The molecule has 5 aromatic rings. The Hall–Kier alpha value is -4.63. The molecule has 0 unspecified atom stereocenters. The van der Waals surface area contributed by atoms with E-state index in [2.05, 4.69) is 24.9 Å². The molecule has 0 fully saturated rings. The number of aliphatic hydroxyl groups is 2. The number of nitrogens with zero attached hydrogens (tertiary/aromatic N) is 3.